The van der Waals surface area contributed by atoms with E-state index in [0.29, 0.717) is 0 Å². The maximum Gasteiger partial charge on any atom is 0.435 e. The molecule has 8 heteroatoms. The molecule has 0 saturated carbocycles. The van der Waals surface area contributed by atoms with Gasteiger partial charge in [0.1, 0.15) is 5.69 Å². The van der Waals surface area contributed by atoms with Crippen LogP contribution in [0.5, 0.6) is 0 Å². The Hall–Kier alpha value is -0.920. The summed E-state index contributed by atoms with van der Waals surface area (Å²) in [5, 5.41) is -0.0397. The molecule has 0 aliphatic rings. The van der Waals surface area contributed by atoms with E-state index in [-0.39, 0.29) is 10.9 Å². The summed E-state index contributed by atoms with van der Waals surface area (Å²) < 4.78 is 61.8. The van der Waals surface area contributed by atoms with Crippen molar-refractivity contribution < 1.29 is 22.0 Å². The maximum absolute atomic E-state index is 12.4. The Morgan fingerprint density at radius 1 is 1.38 bits per heavy atom. The molecule has 1 rings (SSSR count). The summed E-state index contributed by atoms with van der Waals surface area (Å²) >= 11 is 2.88. The lowest BCUT2D eigenvalue weighted by Gasteiger charge is -2.13. The highest BCUT2D eigenvalue weighted by Crippen LogP contribution is 2.35. The van der Waals surface area contributed by atoms with Gasteiger partial charge in [0, 0.05) is 5.33 Å². The monoisotopic (exact) mass is 304 g/mol. The number of nitrogen functional groups attached to an aromatic ring is 1. The standard InChI is InChI=1S/C8H6BrF5N2/c9-2-3-1-4(15)6(8(12,13)14)16-5(3)7(10)11/h1,7H,2,15H2. The molecule has 0 radical (unpaired) electrons. The Morgan fingerprint density at radius 2 is 1.94 bits per heavy atom. The molecule has 90 valence electrons. The molecule has 1 heterocycles. The molecule has 0 amide bonds. The first-order valence-electron chi connectivity index (χ1n) is 3.98. The Labute approximate surface area is 95.8 Å². The molecular formula is C8H6BrF5N2. The molecule has 2 N–H and O–H groups in total. The van der Waals surface area contributed by atoms with Crippen molar-refractivity contribution in [1.29, 1.82) is 0 Å². The average Bonchev–Trinajstić information content (AvgIpc) is 2.14. The van der Waals surface area contributed by atoms with Crippen LogP contribution in [0, 0.1) is 0 Å². The predicted octanol–water partition coefficient (Wildman–Crippen LogP) is 3.52. The highest BCUT2D eigenvalue weighted by atomic mass is 79.9. The lowest BCUT2D eigenvalue weighted by Crippen LogP contribution is -2.14. The summed E-state index contributed by atoms with van der Waals surface area (Å²) in [7, 11) is 0. The van der Waals surface area contributed by atoms with E-state index >= 15 is 0 Å². The molecule has 0 fully saturated rings. The van der Waals surface area contributed by atoms with Crippen LogP contribution >= 0.6 is 15.9 Å². The molecule has 0 atom stereocenters. The largest absolute Gasteiger partial charge is 0.435 e. The summed E-state index contributed by atoms with van der Waals surface area (Å²) in [6, 6.07) is 0.853. The van der Waals surface area contributed by atoms with Gasteiger partial charge in [0.05, 0.1) is 5.69 Å². The molecule has 16 heavy (non-hydrogen) atoms. The second kappa shape index (κ2) is 4.52. The fraction of sp³-hybridized carbons (Fsp3) is 0.375. The van der Waals surface area contributed by atoms with E-state index in [4.69, 9.17) is 5.73 Å². The molecule has 0 saturated heterocycles. The Bertz CT molecular complexity index is 391. The van der Waals surface area contributed by atoms with E-state index in [0.717, 1.165) is 6.07 Å². The fourth-order valence-electron chi connectivity index (χ4n) is 1.11. The van der Waals surface area contributed by atoms with Crippen LogP contribution in [0.2, 0.25) is 0 Å². The first-order valence-corrected chi connectivity index (χ1v) is 5.10. The van der Waals surface area contributed by atoms with Crippen molar-refractivity contribution in [2.75, 3.05) is 5.73 Å². The zero-order chi connectivity index (χ0) is 12.5. The SMILES string of the molecule is Nc1cc(CBr)c(C(F)F)nc1C(F)(F)F. The van der Waals surface area contributed by atoms with Crippen LogP contribution in [0.25, 0.3) is 0 Å². The summed E-state index contributed by atoms with van der Waals surface area (Å²) in [4.78, 5) is 2.88. The van der Waals surface area contributed by atoms with E-state index in [9.17, 15) is 22.0 Å². The first-order chi connectivity index (χ1) is 7.27. The van der Waals surface area contributed by atoms with E-state index in [1.807, 2.05) is 0 Å². The Morgan fingerprint density at radius 3 is 2.31 bits per heavy atom. The number of halogens is 6. The molecule has 0 unspecified atom stereocenters. The summed E-state index contributed by atoms with van der Waals surface area (Å²) in [6.07, 6.45) is -7.91. The van der Waals surface area contributed by atoms with Crippen LogP contribution in [0.15, 0.2) is 6.07 Å². The Kier molecular flexibility index (Phi) is 3.72. The van der Waals surface area contributed by atoms with Crippen LogP contribution in [-0.4, -0.2) is 4.98 Å². The minimum atomic E-state index is -4.83. The van der Waals surface area contributed by atoms with E-state index in [1.165, 1.54) is 0 Å². The maximum atomic E-state index is 12.4. The van der Waals surface area contributed by atoms with Gasteiger partial charge in [-0.25, -0.2) is 13.8 Å². The second-order valence-electron chi connectivity index (χ2n) is 2.90. The number of anilines is 1. The van der Waals surface area contributed by atoms with Crippen LogP contribution < -0.4 is 5.73 Å². The minimum absolute atomic E-state index is 0.0397. The molecule has 2 nitrogen and oxygen atoms in total. The number of hydrogen-bond acceptors (Lipinski definition) is 2. The molecular weight excluding hydrogens is 299 g/mol. The summed E-state index contributed by atoms with van der Waals surface area (Å²) in [5.74, 6) is 0. The molecule has 0 aliphatic heterocycles. The Balaban J connectivity index is 3.39. The highest BCUT2D eigenvalue weighted by molar-refractivity contribution is 9.08. The van der Waals surface area contributed by atoms with Crippen LogP contribution in [-0.2, 0) is 11.5 Å². The average molecular weight is 305 g/mol. The molecule has 0 aliphatic carbocycles. The minimum Gasteiger partial charge on any atom is -0.397 e. The van der Waals surface area contributed by atoms with Gasteiger partial charge in [0.15, 0.2) is 5.69 Å². The first kappa shape index (κ1) is 13.1. The van der Waals surface area contributed by atoms with E-state index in [1.54, 1.807) is 0 Å². The van der Waals surface area contributed by atoms with Gasteiger partial charge in [-0.1, -0.05) is 15.9 Å². The van der Waals surface area contributed by atoms with Crippen LogP contribution in [0.3, 0.4) is 0 Å². The zero-order valence-electron chi connectivity index (χ0n) is 7.65. The number of rotatable bonds is 2. The van der Waals surface area contributed by atoms with Gasteiger partial charge in [-0.05, 0) is 11.6 Å². The van der Waals surface area contributed by atoms with Crippen molar-refractivity contribution in [3.05, 3.63) is 23.0 Å². The molecule has 0 bridgehead atoms. The van der Waals surface area contributed by atoms with Gasteiger partial charge < -0.3 is 5.73 Å². The number of nitrogens with zero attached hydrogens (tertiary/aromatic N) is 1. The van der Waals surface area contributed by atoms with Gasteiger partial charge in [-0.3, -0.25) is 0 Å². The number of nitrogens with two attached hydrogens (primary N) is 1. The normalized spacial score (nSPS) is 12.2. The zero-order valence-corrected chi connectivity index (χ0v) is 9.24. The van der Waals surface area contributed by atoms with Crippen molar-refractivity contribution >= 4 is 21.6 Å². The third kappa shape index (κ3) is 2.60. The third-order valence-electron chi connectivity index (χ3n) is 1.78. The number of hydrogen-bond donors (Lipinski definition) is 1. The van der Waals surface area contributed by atoms with Gasteiger partial charge in [0.25, 0.3) is 6.43 Å². The van der Waals surface area contributed by atoms with Gasteiger partial charge in [-0.15, -0.1) is 0 Å². The van der Waals surface area contributed by atoms with Gasteiger partial charge in [-0.2, -0.15) is 13.2 Å². The van der Waals surface area contributed by atoms with E-state index < -0.39 is 29.7 Å². The van der Waals surface area contributed by atoms with Crippen LogP contribution in [0.4, 0.5) is 27.6 Å². The van der Waals surface area contributed by atoms with Crippen molar-refractivity contribution in [3.63, 3.8) is 0 Å². The molecule has 0 spiro atoms. The molecule has 1 aromatic heterocycles. The third-order valence-corrected chi connectivity index (χ3v) is 2.39. The summed E-state index contributed by atoms with van der Waals surface area (Å²) in [6.45, 7) is 0. The lowest BCUT2D eigenvalue weighted by atomic mass is 10.1. The van der Waals surface area contributed by atoms with Crippen molar-refractivity contribution in [3.8, 4) is 0 Å². The van der Waals surface area contributed by atoms with Crippen molar-refractivity contribution in [2.45, 2.75) is 17.9 Å². The highest BCUT2D eigenvalue weighted by Gasteiger charge is 2.36. The summed E-state index contributed by atoms with van der Waals surface area (Å²) in [5.41, 5.74) is 2.00. The molecule has 1 aromatic rings. The number of aromatic nitrogens is 1. The lowest BCUT2D eigenvalue weighted by molar-refractivity contribution is -0.140. The number of pyridine rings is 1. The quantitative estimate of drug-likeness (QED) is 0.671. The van der Waals surface area contributed by atoms with Crippen molar-refractivity contribution in [1.82, 2.24) is 4.98 Å². The fourth-order valence-corrected chi connectivity index (χ4v) is 1.56. The predicted molar refractivity (Wildman–Crippen MR) is 51.2 cm³/mol. The van der Waals surface area contributed by atoms with Crippen LogP contribution in [0.1, 0.15) is 23.4 Å². The number of alkyl halides is 6. The smallest absolute Gasteiger partial charge is 0.397 e. The van der Waals surface area contributed by atoms with Gasteiger partial charge in [0.2, 0.25) is 0 Å². The second-order valence-corrected chi connectivity index (χ2v) is 3.46. The van der Waals surface area contributed by atoms with E-state index in [2.05, 4.69) is 20.9 Å². The van der Waals surface area contributed by atoms with Gasteiger partial charge >= 0.3 is 6.18 Å². The van der Waals surface area contributed by atoms with Crippen molar-refractivity contribution in [2.24, 2.45) is 0 Å². The molecule has 0 aromatic carbocycles. The topological polar surface area (TPSA) is 38.9 Å².